The third kappa shape index (κ3) is 4.50. The van der Waals surface area contributed by atoms with Gasteiger partial charge in [-0.05, 0) is 41.5 Å². The molecule has 0 radical (unpaired) electrons. The van der Waals surface area contributed by atoms with Crippen LogP contribution in [0, 0.1) is 0 Å². The molecule has 0 atom stereocenters. The van der Waals surface area contributed by atoms with E-state index in [2.05, 4.69) is 10.6 Å². The number of hydrogen-bond donors (Lipinski definition) is 3. The summed E-state index contributed by atoms with van der Waals surface area (Å²) in [6, 6.07) is 12.8. The fourth-order valence-electron chi connectivity index (χ4n) is 3.30. The Morgan fingerprint density at radius 3 is 2.50 bits per heavy atom. The largest absolute Gasteiger partial charge is 0.465 e. The van der Waals surface area contributed by atoms with Gasteiger partial charge in [-0.15, -0.1) is 0 Å². The smallest absolute Gasteiger partial charge is 0.405 e. The number of morpholine rings is 1. The number of amides is 3. The van der Waals surface area contributed by atoms with Crippen molar-refractivity contribution in [2.75, 3.05) is 31.6 Å². The van der Waals surface area contributed by atoms with Gasteiger partial charge in [-0.25, -0.2) is 9.59 Å². The van der Waals surface area contributed by atoms with Gasteiger partial charge < -0.3 is 29.8 Å². The molecule has 1 aromatic heterocycles. The standard InChI is InChI=1S/C21H20ClN3O5/c22-18-11-14(9-15-10-17(30-19(15)18)12-23-21(27)28)13-1-3-16(4-2-13)24-20(26)25-5-7-29-8-6-25/h1-4,9-11,23H,5-8,12H2,(H,24,26)(H,27,28). The summed E-state index contributed by atoms with van der Waals surface area (Å²) in [5.74, 6) is 0.479. The number of ether oxygens (including phenoxy) is 1. The Morgan fingerprint density at radius 1 is 1.07 bits per heavy atom. The van der Waals surface area contributed by atoms with Gasteiger partial charge in [0.1, 0.15) is 5.76 Å². The lowest BCUT2D eigenvalue weighted by molar-refractivity contribution is 0.0564. The number of hydrogen-bond acceptors (Lipinski definition) is 4. The highest BCUT2D eigenvalue weighted by atomic mass is 35.5. The number of benzene rings is 2. The quantitative estimate of drug-likeness (QED) is 0.570. The average Bonchev–Trinajstić information content (AvgIpc) is 3.17. The van der Waals surface area contributed by atoms with Gasteiger partial charge in [0.15, 0.2) is 5.58 Å². The lowest BCUT2D eigenvalue weighted by Crippen LogP contribution is -2.43. The van der Waals surface area contributed by atoms with Crippen molar-refractivity contribution in [2.24, 2.45) is 0 Å². The minimum absolute atomic E-state index is 0.0627. The third-order valence-electron chi connectivity index (χ3n) is 4.80. The van der Waals surface area contributed by atoms with E-state index in [1.165, 1.54) is 0 Å². The molecule has 0 bridgehead atoms. The van der Waals surface area contributed by atoms with Crippen LogP contribution < -0.4 is 10.6 Å². The second-order valence-corrected chi connectivity index (χ2v) is 7.26. The van der Waals surface area contributed by atoms with Crippen LogP contribution >= 0.6 is 11.6 Å². The molecule has 0 saturated carbocycles. The lowest BCUT2D eigenvalue weighted by atomic mass is 10.0. The van der Waals surface area contributed by atoms with E-state index in [4.69, 9.17) is 25.9 Å². The van der Waals surface area contributed by atoms with Crippen LogP contribution in [0.4, 0.5) is 15.3 Å². The van der Waals surface area contributed by atoms with E-state index in [1.807, 2.05) is 30.3 Å². The Hall–Kier alpha value is -3.23. The molecule has 3 amide bonds. The molecule has 156 valence electrons. The Bertz CT molecular complexity index is 1070. The number of halogens is 1. The molecule has 0 spiro atoms. The van der Waals surface area contributed by atoms with Crippen LogP contribution in [0.3, 0.4) is 0 Å². The average molecular weight is 430 g/mol. The van der Waals surface area contributed by atoms with Gasteiger partial charge in [0, 0.05) is 24.2 Å². The molecule has 8 nitrogen and oxygen atoms in total. The van der Waals surface area contributed by atoms with Crippen molar-refractivity contribution in [3.63, 3.8) is 0 Å². The number of urea groups is 1. The van der Waals surface area contributed by atoms with E-state index in [0.717, 1.165) is 16.5 Å². The normalized spacial score (nSPS) is 14.0. The van der Waals surface area contributed by atoms with Crippen LogP contribution in [0.2, 0.25) is 5.02 Å². The highest BCUT2D eigenvalue weighted by Crippen LogP contribution is 2.33. The van der Waals surface area contributed by atoms with Gasteiger partial charge in [0.2, 0.25) is 0 Å². The Balaban J connectivity index is 1.50. The molecule has 1 aliphatic heterocycles. The first-order valence-corrected chi connectivity index (χ1v) is 9.80. The number of fused-ring (bicyclic) bond motifs is 1. The van der Waals surface area contributed by atoms with Gasteiger partial charge >= 0.3 is 12.1 Å². The zero-order chi connectivity index (χ0) is 21.1. The number of anilines is 1. The Labute approximate surface area is 177 Å². The minimum Gasteiger partial charge on any atom is -0.465 e. The van der Waals surface area contributed by atoms with Crippen molar-refractivity contribution in [3.05, 3.63) is 53.2 Å². The maximum atomic E-state index is 12.3. The van der Waals surface area contributed by atoms with Crippen LogP contribution in [-0.4, -0.2) is 48.4 Å². The summed E-state index contributed by atoms with van der Waals surface area (Å²) in [5.41, 5.74) is 3.02. The fourth-order valence-corrected chi connectivity index (χ4v) is 3.56. The van der Waals surface area contributed by atoms with E-state index < -0.39 is 6.09 Å². The number of carboxylic acid groups (broad SMARTS) is 1. The van der Waals surface area contributed by atoms with E-state index in [1.54, 1.807) is 17.0 Å². The number of carbonyl (C=O) groups is 2. The van der Waals surface area contributed by atoms with E-state index in [-0.39, 0.29) is 12.6 Å². The van der Waals surface area contributed by atoms with Crippen molar-refractivity contribution in [3.8, 4) is 11.1 Å². The highest BCUT2D eigenvalue weighted by molar-refractivity contribution is 6.35. The summed E-state index contributed by atoms with van der Waals surface area (Å²) in [4.78, 5) is 24.7. The van der Waals surface area contributed by atoms with Crippen LogP contribution in [-0.2, 0) is 11.3 Å². The number of rotatable bonds is 4. The summed E-state index contributed by atoms with van der Waals surface area (Å²) < 4.78 is 10.9. The molecule has 2 aromatic carbocycles. The number of nitrogens with one attached hydrogen (secondary N) is 2. The second-order valence-electron chi connectivity index (χ2n) is 6.85. The monoisotopic (exact) mass is 429 g/mol. The highest BCUT2D eigenvalue weighted by Gasteiger charge is 2.17. The van der Waals surface area contributed by atoms with Gasteiger partial charge in [0.25, 0.3) is 0 Å². The SMILES string of the molecule is O=C(O)NCc1cc2cc(-c3ccc(NC(=O)N4CCOCC4)cc3)cc(Cl)c2o1. The molecule has 0 unspecified atom stereocenters. The molecule has 9 heteroatoms. The zero-order valence-corrected chi connectivity index (χ0v) is 16.7. The van der Waals surface area contributed by atoms with E-state index >= 15 is 0 Å². The van der Waals surface area contributed by atoms with E-state index in [9.17, 15) is 9.59 Å². The van der Waals surface area contributed by atoms with Crippen molar-refractivity contribution < 1.29 is 23.8 Å². The Kier molecular flexibility index (Phi) is 5.78. The van der Waals surface area contributed by atoms with Crippen molar-refractivity contribution in [1.82, 2.24) is 10.2 Å². The molecule has 2 heterocycles. The van der Waals surface area contributed by atoms with Gasteiger partial charge in [-0.3, -0.25) is 0 Å². The first-order valence-electron chi connectivity index (χ1n) is 9.42. The fraction of sp³-hybridized carbons (Fsp3) is 0.238. The number of nitrogens with zero attached hydrogens (tertiary/aromatic N) is 1. The number of carbonyl (C=O) groups excluding carboxylic acids is 1. The predicted molar refractivity (Wildman–Crippen MR) is 113 cm³/mol. The second kappa shape index (κ2) is 8.64. The zero-order valence-electron chi connectivity index (χ0n) is 16.0. The maximum absolute atomic E-state index is 12.3. The summed E-state index contributed by atoms with van der Waals surface area (Å²) in [7, 11) is 0. The molecule has 1 aliphatic rings. The number of furan rings is 1. The summed E-state index contributed by atoms with van der Waals surface area (Å²) >= 11 is 6.37. The van der Waals surface area contributed by atoms with Crippen LogP contribution in [0.25, 0.3) is 22.1 Å². The summed E-state index contributed by atoms with van der Waals surface area (Å²) in [6.45, 7) is 2.33. The van der Waals surface area contributed by atoms with Crippen molar-refractivity contribution in [2.45, 2.75) is 6.54 Å². The Morgan fingerprint density at radius 2 is 1.80 bits per heavy atom. The van der Waals surface area contributed by atoms with Crippen LogP contribution in [0.15, 0.2) is 46.9 Å². The van der Waals surface area contributed by atoms with Crippen molar-refractivity contribution >= 4 is 40.4 Å². The third-order valence-corrected chi connectivity index (χ3v) is 5.08. The molecular formula is C21H20ClN3O5. The molecular weight excluding hydrogens is 410 g/mol. The van der Waals surface area contributed by atoms with Gasteiger partial charge in [0.05, 0.1) is 24.8 Å². The molecule has 1 saturated heterocycles. The topological polar surface area (TPSA) is 104 Å². The minimum atomic E-state index is -1.12. The van der Waals surface area contributed by atoms with Crippen molar-refractivity contribution in [1.29, 1.82) is 0 Å². The molecule has 1 fully saturated rings. The molecule has 3 N–H and O–H groups in total. The van der Waals surface area contributed by atoms with Gasteiger partial charge in [-0.1, -0.05) is 23.7 Å². The predicted octanol–water partition coefficient (Wildman–Crippen LogP) is 4.38. The lowest BCUT2D eigenvalue weighted by Gasteiger charge is -2.26. The summed E-state index contributed by atoms with van der Waals surface area (Å²) in [5, 5.41) is 15.1. The summed E-state index contributed by atoms with van der Waals surface area (Å²) in [6.07, 6.45) is -1.12. The maximum Gasteiger partial charge on any atom is 0.405 e. The molecule has 0 aliphatic carbocycles. The van der Waals surface area contributed by atoms with Gasteiger partial charge in [-0.2, -0.15) is 0 Å². The van der Waals surface area contributed by atoms with E-state index in [0.29, 0.717) is 48.4 Å². The molecule has 3 aromatic rings. The molecule has 30 heavy (non-hydrogen) atoms. The first-order chi connectivity index (χ1) is 14.5. The van der Waals surface area contributed by atoms with Crippen LogP contribution in [0.5, 0.6) is 0 Å². The first kappa shape index (κ1) is 20.1. The van der Waals surface area contributed by atoms with Crippen LogP contribution in [0.1, 0.15) is 5.76 Å². The molecule has 4 rings (SSSR count).